The SMILES string of the molecule is C/C=C\c1c(C)n(C)c(=C/C)/c1=C\C. The average molecular weight is 189 g/mol. The van der Waals surface area contributed by atoms with Crippen molar-refractivity contribution >= 4 is 18.2 Å². The minimum atomic E-state index is 1.30. The van der Waals surface area contributed by atoms with Gasteiger partial charge in [0.05, 0.1) is 0 Å². The monoisotopic (exact) mass is 189 g/mol. The van der Waals surface area contributed by atoms with Crippen molar-refractivity contribution < 1.29 is 0 Å². The molecule has 0 radical (unpaired) electrons. The van der Waals surface area contributed by atoms with E-state index < -0.39 is 0 Å². The Hall–Kier alpha value is -1.24. The van der Waals surface area contributed by atoms with Crippen LogP contribution in [0.15, 0.2) is 6.08 Å². The van der Waals surface area contributed by atoms with Gasteiger partial charge in [-0.15, -0.1) is 0 Å². The van der Waals surface area contributed by atoms with E-state index in [1.165, 1.54) is 21.8 Å². The fourth-order valence-electron chi connectivity index (χ4n) is 1.90. The van der Waals surface area contributed by atoms with Gasteiger partial charge in [-0.05, 0) is 27.7 Å². The Morgan fingerprint density at radius 3 is 2.14 bits per heavy atom. The summed E-state index contributed by atoms with van der Waals surface area (Å²) in [6.45, 7) is 8.40. The van der Waals surface area contributed by atoms with Crippen molar-refractivity contribution in [3.8, 4) is 0 Å². The van der Waals surface area contributed by atoms with Gasteiger partial charge in [-0.2, -0.15) is 0 Å². The molecule has 0 bridgehead atoms. The lowest BCUT2D eigenvalue weighted by atomic mass is 10.2. The van der Waals surface area contributed by atoms with Crippen LogP contribution in [0.25, 0.3) is 18.2 Å². The van der Waals surface area contributed by atoms with Crippen LogP contribution in [0.2, 0.25) is 0 Å². The quantitative estimate of drug-likeness (QED) is 0.636. The molecule has 1 aromatic rings. The number of allylic oxidation sites excluding steroid dienone is 1. The number of aromatic nitrogens is 1. The molecule has 1 heterocycles. The highest BCUT2D eigenvalue weighted by Gasteiger charge is 2.03. The molecule has 0 fully saturated rings. The summed E-state index contributed by atoms with van der Waals surface area (Å²) in [5, 5.41) is 2.64. The molecule has 76 valence electrons. The maximum Gasteiger partial charge on any atom is 0.0439 e. The van der Waals surface area contributed by atoms with Crippen LogP contribution < -0.4 is 10.6 Å². The van der Waals surface area contributed by atoms with Gasteiger partial charge in [-0.25, -0.2) is 0 Å². The van der Waals surface area contributed by atoms with E-state index in [0.29, 0.717) is 0 Å². The molecule has 0 aliphatic heterocycles. The highest BCUT2D eigenvalue weighted by molar-refractivity contribution is 5.55. The van der Waals surface area contributed by atoms with Crippen molar-refractivity contribution in [1.29, 1.82) is 0 Å². The van der Waals surface area contributed by atoms with Crippen molar-refractivity contribution in [3.05, 3.63) is 27.9 Å². The number of rotatable bonds is 1. The third-order valence-corrected chi connectivity index (χ3v) is 2.72. The van der Waals surface area contributed by atoms with E-state index in [4.69, 9.17) is 0 Å². The molecule has 1 rings (SSSR count). The first-order chi connectivity index (χ1) is 6.67. The molecule has 1 nitrogen and oxygen atoms in total. The van der Waals surface area contributed by atoms with Crippen molar-refractivity contribution in [2.24, 2.45) is 7.05 Å². The van der Waals surface area contributed by atoms with Crippen LogP contribution in [0.1, 0.15) is 32.0 Å². The zero-order chi connectivity index (χ0) is 10.7. The van der Waals surface area contributed by atoms with Crippen molar-refractivity contribution in [2.45, 2.75) is 27.7 Å². The third kappa shape index (κ3) is 1.54. The van der Waals surface area contributed by atoms with Crippen molar-refractivity contribution in [3.63, 3.8) is 0 Å². The van der Waals surface area contributed by atoms with Gasteiger partial charge in [0.15, 0.2) is 0 Å². The standard InChI is InChI=1S/C13H19N/c1-6-9-12-10(4)14(5)13(8-3)11(12)7-2/h6-9H,1-5H3/b9-6-,11-7-,13-8+. The van der Waals surface area contributed by atoms with Crippen LogP contribution in [-0.4, -0.2) is 4.57 Å². The van der Waals surface area contributed by atoms with Crippen LogP contribution in [0.5, 0.6) is 0 Å². The molecule has 0 aliphatic carbocycles. The molecule has 0 spiro atoms. The zero-order valence-corrected chi connectivity index (χ0v) is 9.76. The first kappa shape index (κ1) is 10.8. The van der Waals surface area contributed by atoms with Crippen LogP contribution in [0.3, 0.4) is 0 Å². The van der Waals surface area contributed by atoms with Gasteiger partial charge < -0.3 is 4.57 Å². The Balaban J connectivity index is 3.77. The van der Waals surface area contributed by atoms with Crippen molar-refractivity contribution in [1.82, 2.24) is 4.57 Å². The van der Waals surface area contributed by atoms with Gasteiger partial charge >= 0.3 is 0 Å². The van der Waals surface area contributed by atoms with Crippen LogP contribution >= 0.6 is 0 Å². The summed E-state index contributed by atoms with van der Waals surface area (Å²) in [7, 11) is 2.12. The van der Waals surface area contributed by atoms with E-state index in [1.54, 1.807) is 0 Å². The molecule has 0 aromatic carbocycles. The third-order valence-electron chi connectivity index (χ3n) is 2.72. The van der Waals surface area contributed by atoms with E-state index in [9.17, 15) is 0 Å². The van der Waals surface area contributed by atoms with E-state index in [-0.39, 0.29) is 0 Å². The van der Waals surface area contributed by atoms with Gasteiger partial charge in [-0.1, -0.05) is 24.3 Å². The number of hydrogen-bond donors (Lipinski definition) is 0. The normalized spacial score (nSPS) is 14.6. The van der Waals surface area contributed by atoms with Crippen LogP contribution in [-0.2, 0) is 7.05 Å². The molecular weight excluding hydrogens is 170 g/mol. The number of hydrogen-bond acceptors (Lipinski definition) is 0. The second kappa shape index (κ2) is 4.32. The molecule has 0 aliphatic rings. The van der Waals surface area contributed by atoms with Gasteiger partial charge in [0.1, 0.15) is 0 Å². The lowest BCUT2D eigenvalue weighted by Gasteiger charge is -1.96. The molecule has 0 amide bonds. The summed E-state index contributed by atoms with van der Waals surface area (Å²) in [4.78, 5) is 0. The lowest BCUT2D eigenvalue weighted by molar-refractivity contribution is 0.847. The Labute approximate surface area is 86.1 Å². The smallest absolute Gasteiger partial charge is 0.0439 e. The average Bonchev–Trinajstić information content (AvgIpc) is 2.42. The minimum Gasteiger partial charge on any atom is -0.348 e. The van der Waals surface area contributed by atoms with E-state index in [0.717, 1.165) is 0 Å². The van der Waals surface area contributed by atoms with E-state index in [1.807, 2.05) is 0 Å². The summed E-state index contributed by atoms with van der Waals surface area (Å²) in [6.07, 6.45) is 8.61. The topological polar surface area (TPSA) is 4.93 Å². The van der Waals surface area contributed by atoms with Crippen molar-refractivity contribution in [2.75, 3.05) is 0 Å². The van der Waals surface area contributed by atoms with Gasteiger partial charge in [-0.3, -0.25) is 0 Å². The maximum atomic E-state index is 2.24. The largest absolute Gasteiger partial charge is 0.348 e. The van der Waals surface area contributed by atoms with E-state index in [2.05, 4.69) is 63.6 Å². The maximum absolute atomic E-state index is 2.24. The molecule has 14 heavy (non-hydrogen) atoms. The van der Waals surface area contributed by atoms with Crippen LogP contribution in [0.4, 0.5) is 0 Å². The molecule has 1 aromatic heterocycles. The van der Waals surface area contributed by atoms with Crippen LogP contribution in [0, 0.1) is 6.92 Å². The molecule has 0 atom stereocenters. The molecule has 1 heteroatoms. The Morgan fingerprint density at radius 1 is 1.07 bits per heavy atom. The molecule has 0 saturated heterocycles. The first-order valence-corrected chi connectivity index (χ1v) is 5.08. The fourth-order valence-corrected chi connectivity index (χ4v) is 1.90. The molecule has 0 N–H and O–H groups in total. The summed E-state index contributed by atoms with van der Waals surface area (Å²) in [5.41, 5.74) is 2.66. The second-order valence-electron chi connectivity index (χ2n) is 3.43. The number of nitrogens with zero attached hydrogens (tertiary/aromatic N) is 1. The second-order valence-corrected chi connectivity index (χ2v) is 3.43. The fraction of sp³-hybridized carbons (Fsp3) is 0.385. The molecule has 0 unspecified atom stereocenters. The molecule has 0 saturated carbocycles. The predicted octanol–water partition coefficient (Wildman–Crippen LogP) is 1.97. The summed E-state index contributed by atoms with van der Waals surface area (Å²) >= 11 is 0. The summed E-state index contributed by atoms with van der Waals surface area (Å²) in [5.74, 6) is 0. The zero-order valence-electron chi connectivity index (χ0n) is 9.76. The summed E-state index contributed by atoms with van der Waals surface area (Å²) < 4.78 is 2.24. The highest BCUT2D eigenvalue weighted by Crippen LogP contribution is 2.02. The Kier molecular flexibility index (Phi) is 3.34. The molecular formula is C13H19N. The summed E-state index contributed by atoms with van der Waals surface area (Å²) in [6, 6.07) is 0. The van der Waals surface area contributed by atoms with Gasteiger partial charge in [0.2, 0.25) is 0 Å². The predicted molar refractivity (Wildman–Crippen MR) is 64.4 cm³/mol. The van der Waals surface area contributed by atoms with Gasteiger partial charge in [0.25, 0.3) is 0 Å². The minimum absolute atomic E-state index is 1.30. The first-order valence-electron chi connectivity index (χ1n) is 5.08. The highest BCUT2D eigenvalue weighted by atomic mass is 14.9. The Morgan fingerprint density at radius 2 is 1.71 bits per heavy atom. The van der Waals surface area contributed by atoms with Gasteiger partial charge in [0, 0.05) is 28.9 Å². The van der Waals surface area contributed by atoms with E-state index >= 15 is 0 Å². The lowest BCUT2D eigenvalue weighted by Crippen LogP contribution is -2.27. The Bertz CT molecular complexity index is 458.